The smallest absolute Gasteiger partial charge is 0.289 e. The van der Waals surface area contributed by atoms with Gasteiger partial charge in [0.1, 0.15) is 12.1 Å². The zero-order chi connectivity index (χ0) is 38.8. The number of carbonyl (C=O) groups is 7. The summed E-state index contributed by atoms with van der Waals surface area (Å²) in [4.78, 5) is 100. The van der Waals surface area contributed by atoms with E-state index in [1.165, 1.54) is 24.8 Å². The highest BCUT2D eigenvalue weighted by atomic mass is 35.5. The minimum atomic E-state index is -1.21. The number of likely N-dealkylation sites (tertiary alicyclic amines) is 1. The number of hydrogen-bond donors (Lipinski definition) is 4. The number of benzene rings is 1. The first kappa shape index (κ1) is 39.6. The van der Waals surface area contributed by atoms with E-state index in [0.29, 0.717) is 27.7 Å². The third kappa shape index (κ3) is 9.30. The molecule has 16 heteroatoms. The fourth-order valence-corrected chi connectivity index (χ4v) is 7.69. The maximum atomic E-state index is 14.7. The van der Waals surface area contributed by atoms with Crippen molar-refractivity contribution in [1.82, 2.24) is 20.9 Å². The fourth-order valence-electron chi connectivity index (χ4n) is 6.50. The van der Waals surface area contributed by atoms with E-state index in [4.69, 9.17) is 16.4 Å². The predicted molar refractivity (Wildman–Crippen MR) is 199 cm³/mol. The molecule has 5 rings (SSSR count). The van der Waals surface area contributed by atoms with E-state index in [-0.39, 0.29) is 48.2 Å². The van der Waals surface area contributed by atoms with E-state index in [2.05, 4.69) is 26.4 Å². The molecule has 1 saturated carbocycles. The van der Waals surface area contributed by atoms with E-state index >= 15 is 0 Å². The van der Waals surface area contributed by atoms with Crippen molar-refractivity contribution < 1.29 is 38.4 Å². The average molecular weight is 769 g/mol. The molecule has 1 saturated heterocycles. The number of halogens is 1. The number of Topliss-reactive ketones (excluding diaryl/α,β-unsaturated/α-hetero) is 2. The molecule has 2 fully saturated rings. The van der Waals surface area contributed by atoms with Gasteiger partial charge in [0.2, 0.25) is 23.5 Å². The average Bonchev–Trinajstić information content (AvgIpc) is 3.46. The van der Waals surface area contributed by atoms with Gasteiger partial charge in [-0.3, -0.25) is 33.6 Å². The minimum absolute atomic E-state index is 0.00332. The highest BCUT2D eigenvalue weighted by molar-refractivity contribution is 7.18. The van der Waals surface area contributed by atoms with Crippen LogP contribution < -0.4 is 21.3 Å². The Morgan fingerprint density at radius 2 is 1.79 bits per heavy atom. The van der Waals surface area contributed by atoms with Gasteiger partial charge in [-0.1, -0.05) is 63.0 Å². The van der Waals surface area contributed by atoms with Crippen molar-refractivity contribution in [3.8, 4) is 0 Å². The predicted octanol–water partition coefficient (Wildman–Crippen LogP) is 4.00. The second kappa shape index (κ2) is 15.8. The van der Waals surface area contributed by atoms with Crippen molar-refractivity contribution in [3.63, 3.8) is 0 Å². The summed E-state index contributed by atoms with van der Waals surface area (Å²) >= 11 is 7.19. The quantitative estimate of drug-likeness (QED) is 0.174. The van der Waals surface area contributed by atoms with E-state index in [1.807, 2.05) is 13.0 Å². The largest absolute Gasteiger partial charge is 0.387 e. The van der Waals surface area contributed by atoms with E-state index in [0.717, 1.165) is 24.2 Å². The molecule has 2 aromatic rings. The van der Waals surface area contributed by atoms with Gasteiger partial charge in [-0.15, -0.1) is 11.3 Å². The number of amides is 5. The van der Waals surface area contributed by atoms with Crippen LogP contribution in [0.1, 0.15) is 106 Å². The van der Waals surface area contributed by atoms with Crippen LogP contribution in [-0.2, 0) is 28.8 Å². The molecule has 1 aliphatic carbocycles. The first-order chi connectivity index (χ1) is 24.9. The first-order valence-electron chi connectivity index (χ1n) is 17.6. The molecule has 1 aromatic carbocycles. The van der Waals surface area contributed by atoms with Gasteiger partial charge in [0.15, 0.2) is 11.4 Å². The molecule has 284 valence electrons. The van der Waals surface area contributed by atoms with Crippen LogP contribution in [0.25, 0.3) is 0 Å². The topological polar surface area (TPSA) is 192 Å². The van der Waals surface area contributed by atoms with Crippen molar-refractivity contribution in [2.75, 3.05) is 11.9 Å². The Labute approximate surface area is 316 Å². The maximum absolute atomic E-state index is 14.7. The monoisotopic (exact) mass is 768 g/mol. The molecular weight excluding hydrogens is 724 g/mol. The van der Waals surface area contributed by atoms with Crippen LogP contribution in [0.15, 0.2) is 35.5 Å². The van der Waals surface area contributed by atoms with Gasteiger partial charge >= 0.3 is 0 Å². The van der Waals surface area contributed by atoms with Crippen LogP contribution in [0.5, 0.6) is 0 Å². The van der Waals surface area contributed by atoms with E-state index < -0.39 is 64.3 Å². The van der Waals surface area contributed by atoms with Crippen LogP contribution in [0.4, 0.5) is 5.00 Å². The summed E-state index contributed by atoms with van der Waals surface area (Å²) in [5, 5.41) is 15.9. The zero-order valence-electron chi connectivity index (χ0n) is 30.6. The highest BCUT2D eigenvalue weighted by Crippen LogP contribution is 2.40. The lowest BCUT2D eigenvalue weighted by Gasteiger charge is -2.35. The van der Waals surface area contributed by atoms with Crippen LogP contribution >= 0.6 is 22.9 Å². The normalized spacial score (nSPS) is 20.5. The molecule has 5 amide bonds. The van der Waals surface area contributed by atoms with Gasteiger partial charge in [-0.05, 0) is 49.8 Å². The Bertz CT molecular complexity index is 1870. The van der Waals surface area contributed by atoms with Crippen molar-refractivity contribution >= 4 is 74.8 Å². The number of oxime groups is 1. The van der Waals surface area contributed by atoms with Gasteiger partial charge in [0.25, 0.3) is 11.8 Å². The molecule has 0 bridgehead atoms. The van der Waals surface area contributed by atoms with Gasteiger partial charge in [-0.25, -0.2) is 0 Å². The molecule has 2 aliphatic heterocycles. The Kier molecular flexibility index (Phi) is 11.8. The molecule has 53 heavy (non-hydrogen) atoms. The second-order valence-corrected chi connectivity index (χ2v) is 16.5. The molecule has 3 aliphatic rings. The fraction of sp³-hybridized carbons (Fsp3) is 0.514. The summed E-state index contributed by atoms with van der Waals surface area (Å²) in [7, 11) is 0. The zero-order valence-corrected chi connectivity index (χ0v) is 32.2. The Morgan fingerprint density at radius 3 is 2.40 bits per heavy atom. The Hall–Kier alpha value is -4.63. The minimum Gasteiger partial charge on any atom is -0.387 e. The van der Waals surface area contributed by atoms with Crippen molar-refractivity contribution in [2.45, 2.75) is 110 Å². The number of hydrogen-bond acceptors (Lipinski definition) is 10. The summed E-state index contributed by atoms with van der Waals surface area (Å²) in [6.45, 7) is 9.59. The molecule has 14 nitrogen and oxygen atoms in total. The molecule has 4 N–H and O–H groups in total. The van der Waals surface area contributed by atoms with Gasteiger partial charge in [0.05, 0.1) is 33.7 Å². The summed E-state index contributed by atoms with van der Waals surface area (Å²) in [5.41, 5.74) is -0.758. The second-order valence-electron chi connectivity index (χ2n) is 15.0. The number of anilines is 1. The molecule has 3 heterocycles. The van der Waals surface area contributed by atoms with Gasteiger partial charge in [0, 0.05) is 36.4 Å². The third-order valence-corrected chi connectivity index (χ3v) is 10.7. The maximum Gasteiger partial charge on any atom is 0.289 e. The Balaban J connectivity index is 1.45. The molecule has 0 unspecified atom stereocenters. The number of thiophene rings is 1. The molecular formula is C37H45ClN6O8S. The van der Waals surface area contributed by atoms with Crippen LogP contribution in [0, 0.1) is 5.41 Å². The molecule has 1 aromatic heterocycles. The molecule has 0 radical (unpaired) electrons. The lowest BCUT2D eigenvalue weighted by molar-refractivity contribution is -0.144. The Morgan fingerprint density at radius 1 is 1.08 bits per heavy atom. The summed E-state index contributed by atoms with van der Waals surface area (Å²) in [5.74, 6) is -4.29. The van der Waals surface area contributed by atoms with Gasteiger partial charge < -0.3 is 31.0 Å². The SMILES string of the molecule is CCC[C@H](NC(=O)[C@@H]1C[C@]2(CC(c3cccc(Cl)c3)=NO2)CN1C(=O)[C@@H](NC(=O)c1cc(NC(C)=O)sc1C(C)=O)C(C)(C)C)C(=O)C(=O)NC1CC1. The number of carbonyl (C=O) groups excluding carboxylic acids is 7. The van der Waals surface area contributed by atoms with E-state index in [1.54, 1.807) is 39.0 Å². The van der Waals surface area contributed by atoms with Crippen molar-refractivity contribution in [1.29, 1.82) is 0 Å². The number of rotatable bonds is 13. The first-order valence-corrected chi connectivity index (χ1v) is 18.8. The number of nitrogens with zero attached hydrogens (tertiary/aromatic N) is 2. The van der Waals surface area contributed by atoms with E-state index in [9.17, 15) is 33.6 Å². The van der Waals surface area contributed by atoms with Crippen LogP contribution in [-0.4, -0.2) is 88.0 Å². The highest BCUT2D eigenvalue weighted by Gasteiger charge is 2.56. The van der Waals surface area contributed by atoms with Crippen molar-refractivity contribution in [2.24, 2.45) is 10.6 Å². The summed E-state index contributed by atoms with van der Waals surface area (Å²) in [6, 6.07) is 4.89. The lowest BCUT2D eigenvalue weighted by atomic mass is 9.85. The van der Waals surface area contributed by atoms with Crippen LogP contribution in [0.3, 0.4) is 0 Å². The molecule has 1 spiro atoms. The van der Waals surface area contributed by atoms with Gasteiger partial charge in [-0.2, -0.15) is 0 Å². The summed E-state index contributed by atoms with van der Waals surface area (Å²) in [6.07, 6.45) is 2.51. The lowest BCUT2D eigenvalue weighted by Crippen LogP contribution is -2.59. The summed E-state index contributed by atoms with van der Waals surface area (Å²) < 4.78 is 0. The van der Waals surface area contributed by atoms with Crippen LogP contribution in [0.2, 0.25) is 5.02 Å². The third-order valence-electron chi connectivity index (χ3n) is 9.31. The van der Waals surface area contributed by atoms with Crippen molar-refractivity contribution in [3.05, 3.63) is 51.4 Å². The molecule has 4 atom stereocenters. The standard InChI is InChI=1S/C37H45ClN6O8S/c1-7-9-25(29(47)34(50)40-23-12-13-23)41-33(49)27-17-37(16-26(43-52-37)21-10-8-11-22(38)14-21)18-44(27)35(51)31(36(4,5)6)42-32(48)24-15-28(39-20(3)46)53-30(24)19(2)45/h8,10-11,14-15,23,25,27,31H,7,9,12-13,16-18H2,1-6H3,(H,39,46)(H,40,50)(H,41,49)(H,42,48)/t25-,27-,31+,37+/m0/s1. The number of nitrogens with one attached hydrogen (secondary N) is 4. The number of ketones is 2.